The standard InChI is InChI=1S/C13H12N2O/c1-9-8-11(4-7-13(9)14)15-10-2-5-12(16)6-3-10/h2-8H,14H2,1H3. The molecule has 0 radical (unpaired) electrons. The first-order valence-electron chi connectivity index (χ1n) is 5.00. The summed E-state index contributed by atoms with van der Waals surface area (Å²) in [6.07, 6.45) is 6.41. The van der Waals surface area contributed by atoms with Crippen LogP contribution in [0.2, 0.25) is 0 Å². The first-order valence-corrected chi connectivity index (χ1v) is 5.00. The van der Waals surface area contributed by atoms with E-state index in [2.05, 4.69) is 4.99 Å². The van der Waals surface area contributed by atoms with Gasteiger partial charge in [0.2, 0.25) is 0 Å². The van der Waals surface area contributed by atoms with Gasteiger partial charge in [-0.2, -0.15) is 0 Å². The Morgan fingerprint density at radius 3 is 2.44 bits per heavy atom. The molecule has 2 rings (SSSR count). The predicted octanol–water partition coefficient (Wildman–Crippen LogP) is 2.34. The summed E-state index contributed by atoms with van der Waals surface area (Å²) in [5, 5.41) is 0. The van der Waals surface area contributed by atoms with Crippen LogP contribution in [0.1, 0.15) is 5.56 Å². The molecule has 2 N–H and O–H groups in total. The van der Waals surface area contributed by atoms with Crippen molar-refractivity contribution in [2.24, 2.45) is 4.99 Å². The Labute approximate surface area is 94.0 Å². The van der Waals surface area contributed by atoms with Crippen molar-refractivity contribution in [3.8, 4) is 0 Å². The molecule has 0 aliphatic heterocycles. The van der Waals surface area contributed by atoms with Crippen LogP contribution >= 0.6 is 0 Å². The number of carbonyl (C=O) groups excluding carboxylic acids is 1. The second-order valence-corrected chi connectivity index (χ2v) is 3.65. The molecule has 0 bridgehead atoms. The number of aryl methyl sites for hydroxylation is 1. The summed E-state index contributed by atoms with van der Waals surface area (Å²) in [6, 6.07) is 5.60. The number of nitrogen functional groups attached to an aromatic ring is 1. The van der Waals surface area contributed by atoms with Gasteiger partial charge in [-0.3, -0.25) is 4.79 Å². The predicted molar refractivity (Wildman–Crippen MR) is 66.0 cm³/mol. The average molecular weight is 212 g/mol. The molecule has 0 atom stereocenters. The Kier molecular flexibility index (Phi) is 2.68. The number of rotatable bonds is 1. The quantitative estimate of drug-likeness (QED) is 0.573. The van der Waals surface area contributed by atoms with Crippen molar-refractivity contribution in [2.75, 3.05) is 5.73 Å². The van der Waals surface area contributed by atoms with E-state index < -0.39 is 0 Å². The minimum absolute atomic E-state index is 0.00700. The van der Waals surface area contributed by atoms with Gasteiger partial charge in [-0.1, -0.05) is 0 Å². The van der Waals surface area contributed by atoms with Gasteiger partial charge >= 0.3 is 0 Å². The summed E-state index contributed by atoms with van der Waals surface area (Å²) in [6.45, 7) is 1.94. The zero-order chi connectivity index (χ0) is 11.5. The van der Waals surface area contributed by atoms with Gasteiger partial charge < -0.3 is 5.73 Å². The zero-order valence-corrected chi connectivity index (χ0v) is 8.97. The number of anilines is 1. The highest BCUT2D eigenvalue weighted by Crippen LogP contribution is 2.19. The number of allylic oxidation sites excluding steroid dienone is 4. The van der Waals surface area contributed by atoms with Crippen molar-refractivity contribution in [2.45, 2.75) is 6.92 Å². The molecule has 1 aromatic carbocycles. The van der Waals surface area contributed by atoms with Crippen molar-refractivity contribution in [3.63, 3.8) is 0 Å². The number of hydrogen-bond donors (Lipinski definition) is 1. The highest BCUT2D eigenvalue weighted by atomic mass is 16.1. The van der Waals surface area contributed by atoms with E-state index in [9.17, 15) is 4.79 Å². The fourth-order valence-electron chi connectivity index (χ4n) is 1.40. The van der Waals surface area contributed by atoms with E-state index in [1.54, 1.807) is 12.2 Å². The molecule has 1 aromatic rings. The lowest BCUT2D eigenvalue weighted by Gasteiger charge is -2.02. The van der Waals surface area contributed by atoms with Crippen molar-refractivity contribution < 1.29 is 4.79 Å². The molecule has 3 heteroatoms. The molecule has 0 saturated heterocycles. The molecule has 0 aromatic heterocycles. The number of carbonyl (C=O) groups is 1. The topological polar surface area (TPSA) is 55.5 Å². The number of benzene rings is 1. The van der Waals surface area contributed by atoms with Crippen LogP contribution in [0.5, 0.6) is 0 Å². The second-order valence-electron chi connectivity index (χ2n) is 3.65. The molecule has 0 unspecified atom stereocenters. The number of hydrogen-bond acceptors (Lipinski definition) is 3. The maximum atomic E-state index is 10.9. The maximum absolute atomic E-state index is 10.9. The summed E-state index contributed by atoms with van der Waals surface area (Å²) in [5.41, 5.74) is 9.08. The number of nitrogens with two attached hydrogens (primary N) is 1. The van der Waals surface area contributed by atoms with Crippen LogP contribution in [-0.2, 0) is 4.79 Å². The summed E-state index contributed by atoms with van der Waals surface area (Å²) >= 11 is 0. The van der Waals surface area contributed by atoms with Gasteiger partial charge in [0.15, 0.2) is 5.78 Å². The van der Waals surface area contributed by atoms with Gasteiger partial charge in [0.05, 0.1) is 11.4 Å². The number of nitrogens with zero attached hydrogens (tertiary/aromatic N) is 1. The van der Waals surface area contributed by atoms with Gasteiger partial charge in [0, 0.05) is 5.69 Å². The fourth-order valence-corrected chi connectivity index (χ4v) is 1.40. The van der Waals surface area contributed by atoms with Gasteiger partial charge in [-0.25, -0.2) is 4.99 Å². The largest absolute Gasteiger partial charge is 0.399 e. The van der Waals surface area contributed by atoms with Crippen molar-refractivity contribution in [1.82, 2.24) is 0 Å². The van der Waals surface area contributed by atoms with E-state index in [1.807, 2.05) is 25.1 Å². The number of aliphatic imine (C=N–C) groups is 1. The molecule has 1 aliphatic rings. The molecule has 1 aliphatic carbocycles. The molecule has 0 fully saturated rings. The minimum atomic E-state index is -0.00700. The Bertz CT molecular complexity index is 507. The molecular weight excluding hydrogens is 200 g/mol. The molecule has 0 saturated carbocycles. The van der Waals surface area contributed by atoms with Gasteiger partial charge in [-0.15, -0.1) is 0 Å². The molecule has 3 nitrogen and oxygen atoms in total. The second kappa shape index (κ2) is 4.14. The van der Waals surface area contributed by atoms with Gasteiger partial charge in [0.1, 0.15) is 0 Å². The highest BCUT2D eigenvalue weighted by molar-refractivity contribution is 6.17. The van der Waals surface area contributed by atoms with Gasteiger partial charge in [0.25, 0.3) is 0 Å². The maximum Gasteiger partial charge on any atom is 0.178 e. The lowest BCUT2D eigenvalue weighted by molar-refractivity contribution is -0.110. The molecule has 80 valence electrons. The SMILES string of the molecule is Cc1cc(N=C2C=CC(=O)C=C2)ccc1N. The van der Waals surface area contributed by atoms with E-state index in [1.165, 1.54) is 12.2 Å². The first kappa shape index (κ1) is 10.4. The Morgan fingerprint density at radius 1 is 1.12 bits per heavy atom. The van der Waals surface area contributed by atoms with E-state index in [0.717, 1.165) is 22.6 Å². The Hall–Kier alpha value is -2.16. The van der Waals surface area contributed by atoms with Crippen LogP contribution < -0.4 is 5.73 Å². The lowest BCUT2D eigenvalue weighted by Crippen LogP contribution is -1.98. The first-order chi connectivity index (χ1) is 7.65. The third-order valence-electron chi connectivity index (χ3n) is 2.35. The van der Waals surface area contributed by atoms with Crippen LogP contribution in [0.25, 0.3) is 0 Å². The van der Waals surface area contributed by atoms with E-state index in [-0.39, 0.29) is 5.78 Å². The molecular formula is C13H12N2O. The smallest absolute Gasteiger partial charge is 0.178 e. The summed E-state index contributed by atoms with van der Waals surface area (Å²) < 4.78 is 0. The third-order valence-corrected chi connectivity index (χ3v) is 2.35. The molecule has 0 spiro atoms. The summed E-state index contributed by atoms with van der Waals surface area (Å²) in [7, 11) is 0. The summed E-state index contributed by atoms with van der Waals surface area (Å²) in [5.74, 6) is -0.00700. The zero-order valence-electron chi connectivity index (χ0n) is 8.97. The van der Waals surface area contributed by atoms with Crippen LogP contribution in [0, 0.1) is 6.92 Å². The molecule has 16 heavy (non-hydrogen) atoms. The van der Waals surface area contributed by atoms with Crippen LogP contribution in [0.15, 0.2) is 47.5 Å². The van der Waals surface area contributed by atoms with Crippen molar-refractivity contribution >= 4 is 22.9 Å². The van der Waals surface area contributed by atoms with Gasteiger partial charge in [-0.05, 0) is 55.0 Å². The van der Waals surface area contributed by atoms with Crippen LogP contribution in [-0.4, -0.2) is 11.5 Å². The van der Waals surface area contributed by atoms with E-state index in [0.29, 0.717) is 0 Å². The van der Waals surface area contributed by atoms with E-state index >= 15 is 0 Å². The van der Waals surface area contributed by atoms with Crippen molar-refractivity contribution in [1.29, 1.82) is 0 Å². The lowest BCUT2D eigenvalue weighted by atomic mass is 10.1. The van der Waals surface area contributed by atoms with Crippen LogP contribution in [0.4, 0.5) is 11.4 Å². The third kappa shape index (κ3) is 2.25. The minimum Gasteiger partial charge on any atom is -0.399 e. The van der Waals surface area contributed by atoms with E-state index in [4.69, 9.17) is 5.73 Å². The highest BCUT2D eigenvalue weighted by Gasteiger charge is 2.00. The Balaban J connectivity index is 2.30. The summed E-state index contributed by atoms with van der Waals surface area (Å²) in [4.78, 5) is 15.3. The monoisotopic (exact) mass is 212 g/mol. The average Bonchev–Trinajstić information content (AvgIpc) is 2.27. The van der Waals surface area contributed by atoms with Crippen molar-refractivity contribution in [3.05, 3.63) is 48.1 Å². The Morgan fingerprint density at radius 2 is 1.81 bits per heavy atom. The normalized spacial score (nSPS) is 14.3. The fraction of sp³-hybridized carbons (Fsp3) is 0.0769. The molecule has 0 heterocycles. The van der Waals surface area contributed by atoms with Crippen LogP contribution in [0.3, 0.4) is 0 Å². The molecule has 0 amide bonds. The number of ketones is 1.